The third-order valence-electron chi connectivity index (χ3n) is 2.82. The van der Waals surface area contributed by atoms with Crippen LogP contribution in [0.25, 0.3) is 5.65 Å². The minimum Gasteiger partial charge on any atom is -0.462 e. The molecule has 94 valence electrons. The molecule has 3 heterocycles. The summed E-state index contributed by atoms with van der Waals surface area (Å²) >= 11 is 1.65. The van der Waals surface area contributed by atoms with E-state index in [9.17, 15) is 9.59 Å². The maximum absolute atomic E-state index is 12.1. The summed E-state index contributed by atoms with van der Waals surface area (Å²) in [5, 5.41) is 2.76. The third kappa shape index (κ3) is 1.54. The van der Waals surface area contributed by atoms with Crippen molar-refractivity contribution in [1.29, 1.82) is 0 Å². The van der Waals surface area contributed by atoms with Crippen molar-refractivity contribution in [3.05, 3.63) is 33.4 Å². The van der Waals surface area contributed by atoms with Crippen molar-refractivity contribution >= 4 is 23.4 Å². The van der Waals surface area contributed by atoms with E-state index in [0.717, 1.165) is 11.3 Å². The fourth-order valence-electron chi connectivity index (χ4n) is 1.97. The predicted molar refractivity (Wildman–Crippen MR) is 66.8 cm³/mol. The van der Waals surface area contributed by atoms with Gasteiger partial charge in [0.05, 0.1) is 17.9 Å². The van der Waals surface area contributed by atoms with Crippen LogP contribution in [0.15, 0.2) is 11.0 Å². The molecule has 2 aromatic heterocycles. The van der Waals surface area contributed by atoms with Crippen LogP contribution < -0.4 is 5.56 Å². The third-order valence-corrected chi connectivity index (χ3v) is 3.79. The van der Waals surface area contributed by atoms with Crippen LogP contribution in [0.2, 0.25) is 0 Å². The monoisotopic (exact) mass is 265 g/mol. The number of thioether (sulfide) groups is 1. The van der Waals surface area contributed by atoms with Gasteiger partial charge in [0.1, 0.15) is 5.56 Å². The van der Waals surface area contributed by atoms with Crippen molar-refractivity contribution in [2.45, 2.75) is 18.4 Å². The van der Waals surface area contributed by atoms with Gasteiger partial charge in [-0.3, -0.25) is 9.89 Å². The Hall–Kier alpha value is -1.76. The molecule has 0 saturated heterocycles. The second-order valence-electron chi connectivity index (χ2n) is 3.90. The van der Waals surface area contributed by atoms with E-state index in [1.54, 1.807) is 18.7 Å². The first kappa shape index (κ1) is 11.3. The predicted octanol–water partition coefficient (Wildman–Crippen LogP) is 0.946. The van der Waals surface area contributed by atoms with Gasteiger partial charge in [-0.1, -0.05) is 0 Å². The minimum atomic E-state index is -0.464. The number of nitrogens with zero attached hydrogens (tertiary/aromatic N) is 2. The average molecular weight is 265 g/mol. The number of aromatic nitrogens is 3. The zero-order valence-corrected chi connectivity index (χ0v) is 10.5. The maximum atomic E-state index is 12.1. The van der Waals surface area contributed by atoms with Crippen molar-refractivity contribution in [1.82, 2.24) is 14.6 Å². The fraction of sp³-hybridized carbons (Fsp3) is 0.364. The Labute approximate surface area is 106 Å². The minimum absolute atomic E-state index is 0.129. The van der Waals surface area contributed by atoms with Crippen molar-refractivity contribution in [3.63, 3.8) is 0 Å². The summed E-state index contributed by atoms with van der Waals surface area (Å²) in [7, 11) is 0. The zero-order valence-electron chi connectivity index (χ0n) is 9.73. The summed E-state index contributed by atoms with van der Waals surface area (Å²) < 4.78 is 6.24. The quantitative estimate of drug-likeness (QED) is 0.818. The molecule has 0 unspecified atom stereocenters. The molecule has 0 aliphatic carbocycles. The van der Waals surface area contributed by atoms with Gasteiger partial charge >= 0.3 is 5.97 Å². The Kier molecular flexibility index (Phi) is 2.62. The molecule has 7 heteroatoms. The van der Waals surface area contributed by atoms with E-state index in [1.807, 2.05) is 0 Å². The zero-order chi connectivity index (χ0) is 12.7. The Morgan fingerprint density at radius 1 is 1.61 bits per heavy atom. The lowest BCUT2D eigenvalue weighted by atomic mass is 10.2. The highest BCUT2D eigenvalue weighted by Gasteiger charge is 2.22. The molecule has 6 nitrogen and oxygen atoms in total. The number of nitrogens with one attached hydrogen (secondary N) is 1. The van der Waals surface area contributed by atoms with Crippen LogP contribution in [0, 0.1) is 0 Å². The normalized spacial score (nSPS) is 13.8. The largest absolute Gasteiger partial charge is 0.462 e. The first-order valence-corrected chi connectivity index (χ1v) is 6.74. The molecule has 18 heavy (non-hydrogen) atoms. The van der Waals surface area contributed by atoms with E-state index < -0.39 is 5.97 Å². The van der Waals surface area contributed by atoms with Crippen LogP contribution in [0.5, 0.6) is 0 Å². The van der Waals surface area contributed by atoms with Gasteiger partial charge in [-0.2, -0.15) is 11.8 Å². The molecule has 1 N–H and O–H groups in total. The summed E-state index contributed by atoms with van der Waals surface area (Å²) in [5.74, 6) is 0.931. The number of carbonyl (C=O) groups excluding carboxylic acids is 1. The molecular weight excluding hydrogens is 254 g/mol. The number of aromatic amines is 1. The van der Waals surface area contributed by atoms with Crippen LogP contribution in [0.3, 0.4) is 0 Å². The first-order chi connectivity index (χ1) is 8.72. The van der Waals surface area contributed by atoms with E-state index >= 15 is 0 Å². The van der Waals surface area contributed by atoms with Crippen LogP contribution in [0.1, 0.15) is 28.5 Å². The van der Waals surface area contributed by atoms with Crippen molar-refractivity contribution in [3.8, 4) is 0 Å². The molecule has 2 aromatic rings. The summed E-state index contributed by atoms with van der Waals surface area (Å²) in [5.41, 5.74) is 2.01. The Balaban J connectivity index is 2.23. The molecule has 0 aromatic carbocycles. The number of hydrogen-bond acceptors (Lipinski definition) is 5. The van der Waals surface area contributed by atoms with Crippen molar-refractivity contribution < 1.29 is 9.53 Å². The van der Waals surface area contributed by atoms with Crippen LogP contribution >= 0.6 is 11.8 Å². The summed E-state index contributed by atoms with van der Waals surface area (Å²) in [6.07, 6.45) is 1.46. The number of H-pyrrole nitrogens is 1. The van der Waals surface area contributed by atoms with E-state index in [-0.39, 0.29) is 5.56 Å². The lowest BCUT2D eigenvalue weighted by Gasteiger charge is -2.01. The number of ether oxygens (including phenoxy) is 1. The molecule has 1 aliphatic heterocycles. The van der Waals surface area contributed by atoms with E-state index in [2.05, 4.69) is 10.1 Å². The van der Waals surface area contributed by atoms with Gasteiger partial charge in [-0.25, -0.2) is 14.3 Å². The molecular formula is C11H11N3O3S. The second kappa shape index (κ2) is 4.16. The number of esters is 1. The summed E-state index contributed by atoms with van der Waals surface area (Å²) in [4.78, 5) is 28.3. The summed E-state index contributed by atoms with van der Waals surface area (Å²) in [6.45, 7) is 2.03. The smallest absolute Gasteiger partial charge is 0.343 e. The highest BCUT2D eigenvalue weighted by molar-refractivity contribution is 7.98. The van der Waals surface area contributed by atoms with Crippen molar-refractivity contribution in [2.75, 3.05) is 6.61 Å². The van der Waals surface area contributed by atoms with E-state index in [4.69, 9.17) is 4.74 Å². The Morgan fingerprint density at radius 3 is 3.22 bits per heavy atom. The van der Waals surface area contributed by atoms with E-state index in [0.29, 0.717) is 29.3 Å². The highest BCUT2D eigenvalue weighted by atomic mass is 32.2. The molecule has 0 amide bonds. The van der Waals surface area contributed by atoms with E-state index in [1.165, 1.54) is 10.7 Å². The van der Waals surface area contributed by atoms with Crippen molar-refractivity contribution in [2.24, 2.45) is 0 Å². The number of rotatable bonds is 2. The Morgan fingerprint density at radius 2 is 2.44 bits per heavy atom. The standard InChI is InChI=1S/C11H11N3O3S/c1-2-17-11(16)6-3-12-14-9(6)13-8-5-18-4-7(8)10(14)15/h3,12H,2,4-5H2,1H3. The molecule has 3 rings (SSSR count). The van der Waals surface area contributed by atoms with Crippen LogP contribution in [0.4, 0.5) is 0 Å². The Bertz CT molecular complexity index is 689. The van der Waals surface area contributed by atoms with Gasteiger partial charge in [0, 0.05) is 17.7 Å². The number of fused-ring (bicyclic) bond motifs is 2. The topological polar surface area (TPSA) is 76.5 Å². The van der Waals surface area contributed by atoms with Crippen LogP contribution in [-0.4, -0.2) is 27.2 Å². The number of carbonyl (C=O) groups is 1. The second-order valence-corrected chi connectivity index (χ2v) is 4.89. The summed E-state index contributed by atoms with van der Waals surface area (Å²) in [6, 6.07) is 0. The van der Waals surface area contributed by atoms with Gasteiger partial charge in [0.25, 0.3) is 5.56 Å². The number of hydrogen-bond donors (Lipinski definition) is 1. The molecule has 0 bridgehead atoms. The van der Waals surface area contributed by atoms with Gasteiger partial charge in [0.2, 0.25) is 0 Å². The fourth-order valence-corrected chi connectivity index (χ4v) is 3.00. The highest BCUT2D eigenvalue weighted by Crippen LogP contribution is 2.26. The molecule has 0 spiro atoms. The van der Waals surface area contributed by atoms with Gasteiger partial charge in [-0.15, -0.1) is 0 Å². The van der Waals surface area contributed by atoms with Gasteiger partial charge in [0.15, 0.2) is 5.65 Å². The van der Waals surface area contributed by atoms with Crippen LogP contribution in [-0.2, 0) is 16.2 Å². The first-order valence-electron chi connectivity index (χ1n) is 5.59. The molecule has 0 atom stereocenters. The van der Waals surface area contributed by atoms with Gasteiger partial charge in [-0.05, 0) is 6.92 Å². The molecule has 0 radical (unpaired) electrons. The van der Waals surface area contributed by atoms with Gasteiger partial charge < -0.3 is 4.74 Å². The SMILES string of the molecule is CCOC(=O)c1c[nH]n2c(=O)c3c(nc12)CSC3. The maximum Gasteiger partial charge on any atom is 0.343 e. The molecule has 0 saturated carbocycles. The lowest BCUT2D eigenvalue weighted by molar-refractivity contribution is 0.0528. The average Bonchev–Trinajstić information content (AvgIpc) is 2.95. The lowest BCUT2D eigenvalue weighted by Crippen LogP contribution is -2.20. The molecule has 1 aliphatic rings. The molecule has 0 fully saturated rings.